The van der Waals surface area contributed by atoms with Crippen LogP contribution >= 0.6 is 0 Å². The molecule has 0 aliphatic carbocycles. The molecule has 4 atom stereocenters. The number of benzene rings is 1. The molecule has 2 rings (SSSR count). The summed E-state index contributed by atoms with van der Waals surface area (Å²) in [4.78, 5) is 10.2. The Balaban J connectivity index is 2.09. The molecule has 8 heteroatoms. The van der Waals surface area contributed by atoms with E-state index in [-0.39, 0.29) is 12.1 Å². The zero-order valence-electron chi connectivity index (χ0n) is 11.4. The lowest BCUT2D eigenvalue weighted by molar-refractivity contribution is -0.384. The van der Waals surface area contributed by atoms with Gasteiger partial charge in [-0.25, -0.2) is 0 Å². The average Bonchev–Trinajstić information content (AvgIpc) is 2.44. The molecule has 116 valence electrons. The summed E-state index contributed by atoms with van der Waals surface area (Å²) in [6, 6.07) is 4.12. The predicted octanol–water partition coefficient (Wildman–Crippen LogP) is 0.111. The topological polar surface area (TPSA) is 122 Å². The Morgan fingerprint density at radius 1 is 1.48 bits per heavy atom. The van der Waals surface area contributed by atoms with Gasteiger partial charge in [0, 0.05) is 18.6 Å². The van der Waals surface area contributed by atoms with Crippen molar-refractivity contribution < 1.29 is 29.7 Å². The van der Waals surface area contributed by atoms with Crippen molar-refractivity contribution in [3.63, 3.8) is 0 Å². The second-order valence-corrected chi connectivity index (χ2v) is 4.91. The number of nitro groups is 1. The van der Waals surface area contributed by atoms with Gasteiger partial charge in [-0.1, -0.05) is 0 Å². The number of aliphatic hydroxyl groups is 3. The Labute approximate surface area is 120 Å². The maximum absolute atomic E-state index is 10.7. The van der Waals surface area contributed by atoms with Crippen LogP contribution in [0.4, 0.5) is 5.69 Å². The SMILES string of the molecule is Cc1cc([N+](=O)[O-])ccc1O[C@H]1C[C@@H](O)[C@H](O)C(CO)O1. The number of ether oxygens (including phenoxy) is 2. The van der Waals surface area contributed by atoms with Gasteiger partial charge in [0.25, 0.3) is 5.69 Å². The molecule has 1 aliphatic heterocycles. The molecule has 1 aromatic carbocycles. The van der Waals surface area contributed by atoms with Crippen LogP contribution in [0.1, 0.15) is 12.0 Å². The molecule has 0 aromatic heterocycles. The van der Waals surface area contributed by atoms with Crippen LogP contribution < -0.4 is 4.74 Å². The standard InChI is InChI=1S/C13H17NO7/c1-7-4-8(14(18)19)2-3-10(7)20-12-5-9(16)13(17)11(6-15)21-12/h2-4,9,11-13,15-17H,5-6H2,1H3/t9-,11?,12-,13+/m1/s1. The molecule has 0 bridgehead atoms. The summed E-state index contributed by atoms with van der Waals surface area (Å²) in [5, 5.41) is 39.1. The minimum Gasteiger partial charge on any atom is -0.465 e. The molecule has 1 aromatic rings. The third kappa shape index (κ3) is 3.48. The molecular weight excluding hydrogens is 282 g/mol. The Morgan fingerprint density at radius 2 is 2.19 bits per heavy atom. The molecule has 21 heavy (non-hydrogen) atoms. The third-order valence-electron chi connectivity index (χ3n) is 3.34. The second-order valence-electron chi connectivity index (χ2n) is 4.91. The molecule has 1 fully saturated rings. The maximum atomic E-state index is 10.7. The lowest BCUT2D eigenvalue weighted by Crippen LogP contribution is -2.51. The molecule has 8 nitrogen and oxygen atoms in total. The first kappa shape index (κ1) is 15.6. The Hall–Kier alpha value is -1.74. The summed E-state index contributed by atoms with van der Waals surface area (Å²) in [6.45, 7) is 1.21. The molecule has 3 N–H and O–H groups in total. The molecule has 0 radical (unpaired) electrons. The Kier molecular flexibility index (Phi) is 4.73. The Bertz CT molecular complexity index is 521. The third-order valence-corrected chi connectivity index (χ3v) is 3.34. The lowest BCUT2D eigenvalue weighted by Gasteiger charge is -2.36. The van der Waals surface area contributed by atoms with Gasteiger partial charge in [-0.05, 0) is 18.6 Å². The number of hydrogen-bond acceptors (Lipinski definition) is 7. The first-order valence-electron chi connectivity index (χ1n) is 6.46. The normalized spacial score (nSPS) is 29.1. The fraction of sp³-hybridized carbons (Fsp3) is 0.538. The van der Waals surface area contributed by atoms with E-state index in [0.717, 1.165) is 0 Å². The van der Waals surface area contributed by atoms with Crippen molar-refractivity contribution in [3.8, 4) is 5.75 Å². The van der Waals surface area contributed by atoms with E-state index in [9.17, 15) is 20.3 Å². The number of nitro benzene ring substituents is 1. The zero-order chi connectivity index (χ0) is 15.6. The van der Waals surface area contributed by atoms with Gasteiger partial charge in [-0.15, -0.1) is 0 Å². The van der Waals surface area contributed by atoms with Crippen LogP contribution in [0.3, 0.4) is 0 Å². The number of aliphatic hydroxyl groups excluding tert-OH is 3. The van der Waals surface area contributed by atoms with E-state index in [1.807, 2.05) is 0 Å². The van der Waals surface area contributed by atoms with Gasteiger partial charge in [0.15, 0.2) is 0 Å². The van der Waals surface area contributed by atoms with Gasteiger partial charge in [-0.3, -0.25) is 10.1 Å². The fourth-order valence-corrected chi connectivity index (χ4v) is 2.16. The fourth-order valence-electron chi connectivity index (χ4n) is 2.16. The first-order chi connectivity index (χ1) is 9.92. The zero-order valence-corrected chi connectivity index (χ0v) is 11.4. The summed E-state index contributed by atoms with van der Waals surface area (Å²) in [7, 11) is 0. The van der Waals surface area contributed by atoms with Crippen molar-refractivity contribution >= 4 is 5.69 Å². The summed E-state index contributed by atoms with van der Waals surface area (Å²) in [5.41, 5.74) is 0.502. The first-order valence-corrected chi connectivity index (χ1v) is 6.46. The van der Waals surface area contributed by atoms with Crippen molar-refractivity contribution in [3.05, 3.63) is 33.9 Å². The van der Waals surface area contributed by atoms with Gasteiger partial charge in [-0.2, -0.15) is 0 Å². The van der Waals surface area contributed by atoms with Gasteiger partial charge in [0.1, 0.15) is 18.0 Å². The smallest absolute Gasteiger partial charge is 0.269 e. The molecule has 1 unspecified atom stereocenters. The molecular formula is C13H17NO7. The van der Waals surface area contributed by atoms with Gasteiger partial charge >= 0.3 is 0 Å². The minimum absolute atomic E-state index is 0.0358. The number of aryl methyl sites for hydroxylation is 1. The molecule has 1 heterocycles. The monoisotopic (exact) mass is 299 g/mol. The summed E-state index contributed by atoms with van der Waals surface area (Å²) in [6.07, 6.45) is -3.99. The van der Waals surface area contributed by atoms with Crippen molar-refractivity contribution in [2.75, 3.05) is 6.61 Å². The van der Waals surface area contributed by atoms with Crippen molar-refractivity contribution in [1.82, 2.24) is 0 Å². The van der Waals surface area contributed by atoms with Gasteiger partial charge < -0.3 is 24.8 Å². The highest BCUT2D eigenvalue weighted by Crippen LogP contribution is 2.28. The lowest BCUT2D eigenvalue weighted by atomic mass is 10.0. The van der Waals surface area contributed by atoms with Gasteiger partial charge in [0.05, 0.1) is 17.6 Å². The van der Waals surface area contributed by atoms with E-state index in [1.165, 1.54) is 18.2 Å². The predicted molar refractivity (Wildman–Crippen MR) is 70.8 cm³/mol. The van der Waals surface area contributed by atoms with Crippen LogP contribution in [0.5, 0.6) is 5.75 Å². The van der Waals surface area contributed by atoms with E-state index in [2.05, 4.69) is 0 Å². The van der Waals surface area contributed by atoms with E-state index in [1.54, 1.807) is 6.92 Å². The number of rotatable bonds is 4. The summed E-state index contributed by atoms with van der Waals surface area (Å²) >= 11 is 0. The molecule has 1 saturated heterocycles. The Morgan fingerprint density at radius 3 is 2.76 bits per heavy atom. The molecule has 0 amide bonds. The van der Waals surface area contributed by atoms with Crippen LogP contribution in [0.25, 0.3) is 0 Å². The summed E-state index contributed by atoms with van der Waals surface area (Å²) in [5.74, 6) is 0.380. The number of nitrogens with zero attached hydrogens (tertiary/aromatic N) is 1. The molecule has 0 spiro atoms. The average molecular weight is 299 g/mol. The van der Waals surface area contributed by atoms with E-state index >= 15 is 0 Å². The minimum atomic E-state index is -1.17. The quantitative estimate of drug-likeness (QED) is 0.532. The van der Waals surface area contributed by atoms with Crippen LogP contribution in [-0.2, 0) is 4.74 Å². The highest BCUT2D eigenvalue weighted by atomic mass is 16.7. The van der Waals surface area contributed by atoms with Crippen molar-refractivity contribution in [2.24, 2.45) is 0 Å². The van der Waals surface area contributed by atoms with Crippen LogP contribution in [0, 0.1) is 17.0 Å². The van der Waals surface area contributed by atoms with Crippen LogP contribution in [0.2, 0.25) is 0 Å². The second kappa shape index (κ2) is 6.35. The molecule has 0 saturated carbocycles. The van der Waals surface area contributed by atoms with Crippen molar-refractivity contribution in [2.45, 2.75) is 37.9 Å². The molecule has 1 aliphatic rings. The number of non-ortho nitro benzene ring substituents is 1. The maximum Gasteiger partial charge on any atom is 0.269 e. The highest BCUT2D eigenvalue weighted by molar-refractivity contribution is 5.43. The van der Waals surface area contributed by atoms with Crippen LogP contribution in [0.15, 0.2) is 18.2 Å². The largest absolute Gasteiger partial charge is 0.465 e. The van der Waals surface area contributed by atoms with E-state index < -0.39 is 36.1 Å². The summed E-state index contributed by atoms with van der Waals surface area (Å²) < 4.78 is 10.9. The van der Waals surface area contributed by atoms with E-state index in [4.69, 9.17) is 14.6 Å². The highest BCUT2D eigenvalue weighted by Gasteiger charge is 2.37. The number of hydrogen-bond donors (Lipinski definition) is 3. The van der Waals surface area contributed by atoms with Gasteiger partial charge in [0.2, 0.25) is 6.29 Å². The van der Waals surface area contributed by atoms with E-state index in [0.29, 0.717) is 11.3 Å². The van der Waals surface area contributed by atoms with Crippen molar-refractivity contribution in [1.29, 1.82) is 0 Å². The van der Waals surface area contributed by atoms with Crippen LogP contribution in [-0.4, -0.2) is 51.5 Å².